The Kier molecular flexibility index (Phi) is 39.4. The van der Waals surface area contributed by atoms with E-state index in [0.29, 0.717) is 25.7 Å². The highest BCUT2D eigenvalue weighted by Crippen LogP contribution is 2.35. The fourth-order valence-electron chi connectivity index (χ4n) is 10.7. The number of amides is 3. The number of ether oxygens (including phenoxy) is 15. The Bertz CT molecular complexity index is 3010. The monoisotopic (exact) mass is 1480 g/mol. The molecule has 103 heavy (non-hydrogen) atoms. The van der Waals surface area contributed by atoms with Crippen LogP contribution in [0, 0.1) is 35.0 Å². The summed E-state index contributed by atoms with van der Waals surface area (Å²) in [5.41, 5.74) is 0.334. The molecule has 0 radical (unpaired) electrons. The fourth-order valence-corrected chi connectivity index (χ4v) is 10.7. The molecule has 10 atom stereocenters. The highest BCUT2D eigenvalue weighted by molar-refractivity contribution is 6.03. The minimum Gasteiger partial charge on any atom is -0.463 e. The molecule has 0 bridgehead atoms. The van der Waals surface area contributed by atoms with E-state index in [4.69, 9.17) is 66.3 Å². The first-order valence-electron chi connectivity index (χ1n) is 33.5. The molecule has 0 aliphatic carbocycles. The van der Waals surface area contributed by atoms with Gasteiger partial charge in [0.2, 0.25) is 46.6 Å². The zero-order valence-electron chi connectivity index (χ0n) is 58.8. The third-order valence-corrected chi connectivity index (χ3v) is 15.1. The molecular formula is C68H92F5N3O27. The summed E-state index contributed by atoms with van der Waals surface area (Å²) < 4.78 is 151. The lowest BCUT2D eigenvalue weighted by molar-refractivity contribution is -0.293. The van der Waals surface area contributed by atoms with Crippen molar-refractivity contribution in [1.82, 2.24) is 10.6 Å². The molecule has 35 heteroatoms. The molecule has 2 heterocycles. The van der Waals surface area contributed by atoms with E-state index in [0.717, 1.165) is 60.8 Å². The third kappa shape index (κ3) is 32.2. The minimum absolute atomic E-state index is 0.00706. The lowest BCUT2D eigenvalue weighted by Gasteiger charge is -2.44. The summed E-state index contributed by atoms with van der Waals surface area (Å²) in [5, 5.41) is 8.10. The SMILES string of the molecule is CC(=O)C[C@H]1C(OCCOCCOCCNC(=O)c2cc(NC(=O)CCCCCCCCCCC(=O)Oc3c(F)c(F)c(F)c(F)c3F)cc(C(=O)CCCOCCOCCOC3O[C@H](COC(C)=O)[C@H](OC(C)=O)[C@H](OC(C)=O)[C@H]3NC(C)=O)c2)O[C@H](COC(C)=O)[C@H](OC(C)=O)[C@@H]1OC(C)=O. The normalized spacial score (nSPS) is 20.0. The third-order valence-electron chi connectivity index (χ3n) is 15.1. The average molecular weight is 1480 g/mol. The van der Waals surface area contributed by atoms with Gasteiger partial charge in [-0.25, -0.2) is 13.2 Å². The summed E-state index contributed by atoms with van der Waals surface area (Å²) in [4.78, 5) is 149. The number of halogens is 5. The summed E-state index contributed by atoms with van der Waals surface area (Å²) in [5.74, 6) is -21.7. The van der Waals surface area contributed by atoms with Crippen LogP contribution >= 0.6 is 0 Å². The summed E-state index contributed by atoms with van der Waals surface area (Å²) in [6.45, 7) is 8.69. The van der Waals surface area contributed by atoms with Gasteiger partial charge in [-0.3, -0.25) is 52.7 Å². The summed E-state index contributed by atoms with van der Waals surface area (Å²) >= 11 is 0. The van der Waals surface area contributed by atoms with Gasteiger partial charge in [0.05, 0.1) is 65.4 Å². The van der Waals surface area contributed by atoms with Gasteiger partial charge in [-0.1, -0.05) is 38.5 Å². The van der Waals surface area contributed by atoms with Crippen molar-refractivity contribution in [3.05, 3.63) is 58.4 Å². The quantitative estimate of drug-likeness (QED) is 0.00996. The van der Waals surface area contributed by atoms with Crippen LogP contribution in [0.25, 0.3) is 0 Å². The number of anilines is 1. The molecule has 2 saturated heterocycles. The van der Waals surface area contributed by atoms with Gasteiger partial charge in [-0.05, 0) is 44.4 Å². The Morgan fingerprint density at radius 3 is 1.42 bits per heavy atom. The molecule has 576 valence electrons. The molecule has 2 fully saturated rings. The van der Waals surface area contributed by atoms with Crippen LogP contribution in [0.2, 0.25) is 0 Å². The lowest BCUT2D eigenvalue weighted by Crippen LogP contribution is -2.66. The number of carbonyl (C=O) groups excluding carboxylic acids is 12. The zero-order valence-corrected chi connectivity index (χ0v) is 58.8. The zero-order chi connectivity index (χ0) is 76.1. The van der Waals surface area contributed by atoms with E-state index in [-0.39, 0.29) is 140 Å². The summed E-state index contributed by atoms with van der Waals surface area (Å²) in [6, 6.07) is 3.07. The van der Waals surface area contributed by atoms with Crippen molar-refractivity contribution >= 4 is 76.8 Å². The number of hydrogen-bond donors (Lipinski definition) is 3. The molecule has 0 saturated carbocycles. The second kappa shape index (κ2) is 46.5. The lowest BCUT2D eigenvalue weighted by atomic mass is 9.87. The highest BCUT2D eigenvalue weighted by atomic mass is 19.2. The van der Waals surface area contributed by atoms with Crippen LogP contribution in [0.3, 0.4) is 0 Å². The van der Waals surface area contributed by atoms with Crippen LogP contribution in [-0.2, 0) is 114 Å². The molecule has 30 nitrogen and oxygen atoms in total. The molecule has 4 rings (SSSR count). The molecule has 0 aromatic heterocycles. The molecule has 2 aromatic carbocycles. The van der Waals surface area contributed by atoms with E-state index >= 15 is 0 Å². The van der Waals surface area contributed by atoms with E-state index < -0.39 is 169 Å². The predicted molar refractivity (Wildman–Crippen MR) is 343 cm³/mol. The van der Waals surface area contributed by atoms with Crippen molar-refractivity contribution in [2.75, 3.05) is 91.1 Å². The highest BCUT2D eigenvalue weighted by Gasteiger charge is 2.53. The largest absolute Gasteiger partial charge is 0.463 e. The van der Waals surface area contributed by atoms with Crippen molar-refractivity contribution < 1.29 is 151 Å². The first kappa shape index (κ1) is 87.2. The second-order valence-electron chi connectivity index (χ2n) is 23.8. The van der Waals surface area contributed by atoms with E-state index in [1.54, 1.807) is 0 Å². The van der Waals surface area contributed by atoms with Gasteiger partial charge in [0.1, 0.15) is 43.4 Å². The number of hydrogen-bond acceptors (Lipinski definition) is 27. The number of rotatable bonds is 47. The number of ketones is 2. The maximum atomic E-state index is 13.9. The van der Waals surface area contributed by atoms with Gasteiger partial charge < -0.3 is 91.8 Å². The summed E-state index contributed by atoms with van der Waals surface area (Å²) in [7, 11) is 0. The number of unbranched alkanes of at least 4 members (excludes halogenated alkanes) is 7. The smallest absolute Gasteiger partial charge is 0.311 e. The van der Waals surface area contributed by atoms with Crippen molar-refractivity contribution in [3.8, 4) is 5.75 Å². The first-order chi connectivity index (χ1) is 49.0. The maximum Gasteiger partial charge on any atom is 0.311 e. The molecular weight excluding hydrogens is 1390 g/mol. The Labute approximate surface area is 591 Å². The average Bonchev–Trinajstić information content (AvgIpc) is 0.857. The van der Waals surface area contributed by atoms with Crippen LogP contribution in [0.15, 0.2) is 18.2 Å². The number of nitrogens with one attached hydrogen (secondary N) is 3. The van der Waals surface area contributed by atoms with Crippen molar-refractivity contribution in [2.24, 2.45) is 5.92 Å². The standard InChI is InChI=1S/C68H92F5N3O27/c1-38(77)32-49-61(97-42(5)81)62(98-43(6)82)51(36-95-40(3)79)101-67(49)93-30-28-92-27-25-90-23-21-74-66(88)47-33-46(34-48(35-47)76-53(86)19-15-13-11-9-10-12-14-16-20-54(87)103-64-58(72)56(70)55(69)57(71)59(64)73)50(85)18-17-22-89-24-26-91-29-31-94-68-60(75-39(2)78)65(100-45(8)84)63(99-44(7)83)52(102-68)37-96-41(4)80/h33-35,49,51-52,60-63,65,67-68H,9-32,36-37H2,1-8H3,(H,74,88)(H,75,78)(H,76,86)/t49-,51-,52-,60-,61-,62+,63+,65-,67?,68?/m1/s1. The number of benzene rings is 2. The van der Waals surface area contributed by atoms with Crippen LogP contribution in [0.4, 0.5) is 27.6 Å². The fraction of sp³-hybridized carbons (Fsp3) is 0.647. The van der Waals surface area contributed by atoms with Crippen molar-refractivity contribution in [2.45, 2.75) is 194 Å². The van der Waals surface area contributed by atoms with Gasteiger partial charge in [-0.2, -0.15) is 8.78 Å². The number of esters is 7. The number of carbonyl (C=O) groups is 12. The van der Waals surface area contributed by atoms with Gasteiger partial charge in [0.15, 0.2) is 36.7 Å². The topological polar surface area (TPSA) is 379 Å². The molecule has 2 aromatic rings. The van der Waals surface area contributed by atoms with E-state index in [1.807, 2.05) is 0 Å². The van der Waals surface area contributed by atoms with Crippen molar-refractivity contribution in [3.63, 3.8) is 0 Å². The van der Waals surface area contributed by atoms with Crippen LogP contribution in [0.5, 0.6) is 5.75 Å². The minimum atomic E-state index is -2.38. The molecule has 2 aliphatic heterocycles. The van der Waals surface area contributed by atoms with Crippen molar-refractivity contribution in [1.29, 1.82) is 0 Å². The summed E-state index contributed by atoms with van der Waals surface area (Å²) in [6.07, 6.45) is -5.34. The molecule has 0 spiro atoms. The van der Waals surface area contributed by atoms with Gasteiger partial charge in [-0.15, -0.1) is 0 Å². The van der Waals surface area contributed by atoms with Crippen LogP contribution in [-0.4, -0.2) is 212 Å². The van der Waals surface area contributed by atoms with Crippen LogP contribution in [0.1, 0.15) is 160 Å². The second-order valence-corrected chi connectivity index (χ2v) is 23.8. The Morgan fingerprint density at radius 1 is 0.447 bits per heavy atom. The predicted octanol–water partition coefficient (Wildman–Crippen LogP) is 6.02. The molecule has 3 amide bonds. The van der Waals surface area contributed by atoms with E-state index in [2.05, 4.69) is 20.7 Å². The van der Waals surface area contributed by atoms with Gasteiger partial charge in [0.25, 0.3) is 5.91 Å². The Balaban J connectivity index is 1.27. The van der Waals surface area contributed by atoms with Crippen LogP contribution < -0.4 is 20.7 Å². The maximum absolute atomic E-state index is 13.9. The Hall–Kier alpha value is -8.19. The molecule has 3 N–H and O–H groups in total. The first-order valence-corrected chi connectivity index (χ1v) is 33.5. The molecule has 2 aliphatic rings. The van der Waals surface area contributed by atoms with Gasteiger partial charge >= 0.3 is 41.8 Å². The van der Waals surface area contributed by atoms with Gasteiger partial charge in [0, 0.05) is 104 Å². The Morgan fingerprint density at radius 2 is 0.893 bits per heavy atom. The van der Waals surface area contributed by atoms with E-state index in [9.17, 15) is 79.5 Å². The van der Waals surface area contributed by atoms with E-state index in [1.165, 1.54) is 32.0 Å². The molecule has 2 unspecified atom stereocenters. The number of Topliss-reactive ketones (excluding diaryl/α,β-unsaturated/α-hetero) is 2.